The molecule has 0 spiro atoms. The molecule has 9 nitrogen and oxygen atoms in total. The van der Waals surface area contributed by atoms with Gasteiger partial charge in [0.1, 0.15) is 18.0 Å². The molecule has 3 N–H and O–H groups in total. The van der Waals surface area contributed by atoms with Gasteiger partial charge in [-0.3, -0.25) is 0 Å². The fourth-order valence-corrected chi connectivity index (χ4v) is 4.42. The van der Waals surface area contributed by atoms with Gasteiger partial charge in [0.15, 0.2) is 17.0 Å². The van der Waals surface area contributed by atoms with Gasteiger partial charge in [-0.25, -0.2) is 24.9 Å². The highest BCUT2D eigenvalue weighted by Gasteiger charge is 2.26. The maximum atomic E-state index is 8.69. The first-order valence-corrected chi connectivity index (χ1v) is 12.2. The number of nitrogens with zero attached hydrogens (tertiary/aromatic N) is 6. The van der Waals surface area contributed by atoms with Gasteiger partial charge < -0.3 is 20.6 Å². The number of anilines is 1. The van der Waals surface area contributed by atoms with Crippen molar-refractivity contribution < 1.29 is 0 Å². The quantitative estimate of drug-likeness (QED) is 0.401. The Balaban J connectivity index is 1.65. The second-order valence-corrected chi connectivity index (χ2v) is 9.13. The fraction of sp³-hybridized carbons (Fsp3) is 0.520. The van der Waals surface area contributed by atoms with E-state index < -0.39 is 0 Å². The number of aryl methyl sites for hydroxylation is 2. The molecule has 0 radical (unpaired) electrons. The lowest BCUT2D eigenvalue weighted by Gasteiger charge is -2.30. The maximum absolute atomic E-state index is 8.69. The van der Waals surface area contributed by atoms with Crippen molar-refractivity contribution in [2.75, 3.05) is 11.9 Å². The number of aromatic nitrogens is 6. The van der Waals surface area contributed by atoms with E-state index in [0.717, 1.165) is 84.3 Å². The summed E-state index contributed by atoms with van der Waals surface area (Å²) in [5.41, 5.74) is 5.48. The zero-order valence-corrected chi connectivity index (χ0v) is 20.8. The van der Waals surface area contributed by atoms with Crippen molar-refractivity contribution in [3.63, 3.8) is 0 Å². The van der Waals surface area contributed by atoms with E-state index in [4.69, 9.17) is 10.4 Å². The average Bonchev–Trinajstić information content (AvgIpc) is 3.22. The van der Waals surface area contributed by atoms with E-state index in [1.54, 1.807) is 18.7 Å². The van der Waals surface area contributed by atoms with Crippen LogP contribution in [0.15, 0.2) is 30.0 Å². The van der Waals surface area contributed by atoms with Gasteiger partial charge in [-0.15, -0.1) is 0 Å². The van der Waals surface area contributed by atoms with Crippen molar-refractivity contribution in [2.45, 2.75) is 72.9 Å². The molecule has 9 heteroatoms. The molecule has 180 valence electrons. The number of nitrogens with one attached hydrogen (secondary N) is 3. The maximum Gasteiger partial charge on any atom is 0.165 e. The molecule has 0 fully saturated rings. The van der Waals surface area contributed by atoms with Crippen LogP contribution in [0.3, 0.4) is 0 Å². The van der Waals surface area contributed by atoms with Crippen LogP contribution in [0.5, 0.6) is 0 Å². The Kier molecular flexibility index (Phi) is 7.19. The monoisotopic (exact) mass is 461 g/mol. The van der Waals surface area contributed by atoms with Crippen LogP contribution in [-0.4, -0.2) is 47.8 Å². The minimum Gasteiger partial charge on any atom is -0.388 e. The zero-order chi connectivity index (χ0) is 24.2. The van der Waals surface area contributed by atoms with Gasteiger partial charge >= 0.3 is 0 Å². The molecule has 3 aromatic heterocycles. The summed E-state index contributed by atoms with van der Waals surface area (Å²) in [6, 6.07) is 0.178. The van der Waals surface area contributed by atoms with Crippen LogP contribution >= 0.6 is 0 Å². The molecule has 1 aliphatic carbocycles. The lowest BCUT2D eigenvalue weighted by molar-refractivity contribution is 0.572. The summed E-state index contributed by atoms with van der Waals surface area (Å²) in [6.07, 6.45) is 8.96. The number of imidazole rings is 1. The van der Waals surface area contributed by atoms with Crippen molar-refractivity contribution in [3.05, 3.63) is 35.8 Å². The van der Waals surface area contributed by atoms with Crippen LogP contribution in [0.25, 0.3) is 22.6 Å². The standard InChI is InChI=1S/C25H35N9/c1-6-10-27-20-9-8-18(11-19(20)21(26)15(3)4)32-23-22-25(31-14-30-23)34(7-2)24(33-22)17-12-28-16(5)29-13-17/h12-15,18,26-27H,6-11H2,1-5H3,(H,30,31,32). The van der Waals surface area contributed by atoms with Gasteiger partial charge in [0.05, 0.1) is 5.56 Å². The average molecular weight is 462 g/mol. The molecule has 0 saturated heterocycles. The second kappa shape index (κ2) is 10.3. The summed E-state index contributed by atoms with van der Waals surface area (Å²) in [4.78, 5) is 22.7. The molecule has 3 aromatic rings. The Hall–Kier alpha value is -3.36. The highest BCUT2D eigenvalue weighted by atomic mass is 15.2. The number of fused-ring (bicyclic) bond motifs is 1. The SMILES string of the molecule is CCCNC1=C(C(=N)C(C)C)CC(Nc2ncnc3c2nc(-c2cnc(C)nc2)n3CC)CC1. The third-order valence-corrected chi connectivity index (χ3v) is 6.28. The molecular formula is C25H35N9. The molecule has 0 saturated carbocycles. The van der Waals surface area contributed by atoms with E-state index in [9.17, 15) is 0 Å². The van der Waals surface area contributed by atoms with Crippen molar-refractivity contribution in [1.29, 1.82) is 5.41 Å². The molecule has 0 amide bonds. The van der Waals surface area contributed by atoms with Crippen LogP contribution in [0.4, 0.5) is 5.82 Å². The predicted molar refractivity (Wildman–Crippen MR) is 136 cm³/mol. The molecule has 1 aliphatic rings. The van der Waals surface area contributed by atoms with Gasteiger partial charge in [-0.1, -0.05) is 20.8 Å². The number of hydrogen-bond donors (Lipinski definition) is 3. The minimum absolute atomic E-state index is 0.178. The third kappa shape index (κ3) is 4.78. The summed E-state index contributed by atoms with van der Waals surface area (Å²) in [6.45, 7) is 12.0. The van der Waals surface area contributed by atoms with Crippen molar-refractivity contribution >= 4 is 22.7 Å². The number of allylic oxidation sites excluding steroid dienone is 1. The van der Waals surface area contributed by atoms with Crippen LogP contribution in [0.1, 0.15) is 59.2 Å². The highest BCUT2D eigenvalue weighted by Crippen LogP contribution is 2.31. The summed E-state index contributed by atoms with van der Waals surface area (Å²) in [7, 11) is 0. The second-order valence-electron chi connectivity index (χ2n) is 9.13. The van der Waals surface area contributed by atoms with Crippen molar-refractivity contribution in [3.8, 4) is 11.4 Å². The smallest absolute Gasteiger partial charge is 0.165 e. The Morgan fingerprint density at radius 1 is 1.18 bits per heavy atom. The first-order valence-electron chi connectivity index (χ1n) is 12.2. The topological polar surface area (TPSA) is 117 Å². The largest absolute Gasteiger partial charge is 0.388 e. The van der Waals surface area contributed by atoms with Crippen LogP contribution in [-0.2, 0) is 6.54 Å². The van der Waals surface area contributed by atoms with Gasteiger partial charge in [0, 0.05) is 42.9 Å². The predicted octanol–water partition coefficient (Wildman–Crippen LogP) is 4.51. The fourth-order valence-electron chi connectivity index (χ4n) is 4.42. The van der Waals surface area contributed by atoms with E-state index in [1.165, 1.54) is 5.70 Å². The first-order chi connectivity index (χ1) is 16.4. The summed E-state index contributed by atoms with van der Waals surface area (Å²) in [5, 5.41) is 15.9. The van der Waals surface area contributed by atoms with Gasteiger partial charge in [0.2, 0.25) is 0 Å². The zero-order valence-electron chi connectivity index (χ0n) is 20.8. The number of rotatable bonds is 9. The first kappa shape index (κ1) is 23.8. The third-order valence-electron chi connectivity index (χ3n) is 6.28. The lowest BCUT2D eigenvalue weighted by atomic mass is 9.85. The molecule has 0 aliphatic heterocycles. The van der Waals surface area contributed by atoms with E-state index in [-0.39, 0.29) is 12.0 Å². The molecule has 0 aromatic carbocycles. The normalized spacial score (nSPS) is 16.4. The lowest BCUT2D eigenvalue weighted by Crippen LogP contribution is -2.32. The molecule has 0 bridgehead atoms. The number of hydrogen-bond acceptors (Lipinski definition) is 8. The summed E-state index contributed by atoms with van der Waals surface area (Å²) < 4.78 is 2.07. The van der Waals surface area contributed by atoms with Gasteiger partial charge in [-0.05, 0) is 51.0 Å². The Bertz CT molecular complexity index is 1190. The van der Waals surface area contributed by atoms with E-state index in [0.29, 0.717) is 0 Å². The van der Waals surface area contributed by atoms with Gasteiger partial charge in [0.25, 0.3) is 0 Å². The molecular weight excluding hydrogens is 426 g/mol. The Labute approximate surface area is 201 Å². The van der Waals surface area contributed by atoms with E-state index >= 15 is 0 Å². The Morgan fingerprint density at radius 3 is 2.62 bits per heavy atom. The van der Waals surface area contributed by atoms with Crippen LogP contribution < -0.4 is 10.6 Å². The molecule has 1 unspecified atom stereocenters. The van der Waals surface area contributed by atoms with Crippen LogP contribution in [0.2, 0.25) is 0 Å². The van der Waals surface area contributed by atoms with E-state index in [2.05, 4.69) is 62.8 Å². The van der Waals surface area contributed by atoms with Crippen molar-refractivity contribution in [2.24, 2.45) is 5.92 Å². The molecule has 4 rings (SSSR count). The Morgan fingerprint density at radius 2 is 1.94 bits per heavy atom. The van der Waals surface area contributed by atoms with Crippen LogP contribution in [0, 0.1) is 18.3 Å². The minimum atomic E-state index is 0.178. The summed E-state index contributed by atoms with van der Waals surface area (Å²) in [5.74, 6) is 2.44. The molecule has 3 heterocycles. The van der Waals surface area contributed by atoms with Crippen molar-refractivity contribution in [1.82, 2.24) is 34.8 Å². The molecule has 1 atom stereocenters. The molecule has 34 heavy (non-hydrogen) atoms. The van der Waals surface area contributed by atoms with Gasteiger partial charge in [-0.2, -0.15) is 0 Å². The highest BCUT2D eigenvalue weighted by molar-refractivity contribution is 6.00. The summed E-state index contributed by atoms with van der Waals surface area (Å²) >= 11 is 0. The van der Waals surface area contributed by atoms with E-state index in [1.807, 2.05) is 6.92 Å².